The predicted octanol–water partition coefficient (Wildman–Crippen LogP) is 4.79. The van der Waals surface area contributed by atoms with Crippen LogP contribution in [-0.2, 0) is 5.41 Å². The third kappa shape index (κ3) is 1.45. The van der Waals surface area contributed by atoms with Crippen molar-refractivity contribution >= 4 is 0 Å². The summed E-state index contributed by atoms with van der Waals surface area (Å²) >= 11 is 0. The van der Waals surface area contributed by atoms with Gasteiger partial charge in [-0.25, -0.2) is 0 Å². The summed E-state index contributed by atoms with van der Waals surface area (Å²) in [6.07, 6.45) is 2.50. The summed E-state index contributed by atoms with van der Waals surface area (Å²) in [6, 6.07) is 22.0. The van der Waals surface area contributed by atoms with E-state index < -0.39 is 0 Å². The maximum Gasteiger partial charge on any atom is 0.0262 e. The Kier molecular flexibility index (Phi) is 2.55. The highest BCUT2D eigenvalue weighted by Crippen LogP contribution is 2.69. The van der Waals surface area contributed by atoms with Crippen LogP contribution in [0.25, 0.3) is 0 Å². The lowest BCUT2D eigenvalue weighted by Gasteiger charge is -2.23. The maximum atomic E-state index is 2.42. The first-order valence-electron chi connectivity index (χ1n) is 6.84. The minimum Gasteiger partial charge on any atom is -0.0648 e. The number of rotatable bonds is 3. The molecule has 1 unspecified atom stereocenters. The summed E-state index contributed by atoms with van der Waals surface area (Å²) in [5, 5.41) is 0. The number of hydrogen-bond acceptors (Lipinski definition) is 0. The second-order valence-corrected chi connectivity index (χ2v) is 5.73. The molecule has 2 aromatic rings. The molecular weight excluding hydrogens is 216 g/mol. The van der Waals surface area contributed by atoms with Gasteiger partial charge in [-0.2, -0.15) is 0 Å². The van der Waals surface area contributed by atoms with Gasteiger partial charge in [0, 0.05) is 5.41 Å². The van der Waals surface area contributed by atoms with Crippen molar-refractivity contribution in [1.82, 2.24) is 0 Å². The molecule has 0 spiro atoms. The van der Waals surface area contributed by atoms with Crippen LogP contribution in [0.4, 0.5) is 0 Å². The van der Waals surface area contributed by atoms with Crippen LogP contribution in [0.2, 0.25) is 0 Å². The molecule has 0 nitrogen and oxygen atoms in total. The van der Waals surface area contributed by atoms with Gasteiger partial charge in [0.25, 0.3) is 0 Å². The molecule has 1 fully saturated rings. The van der Waals surface area contributed by atoms with E-state index in [1.54, 1.807) is 0 Å². The van der Waals surface area contributed by atoms with Gasteiger partial charge < -0.3 is 0 Å². The van der Waals surface area contributed by atoms with Gasteiger partial charge in [0.2, 0.25) is 0 Å². The van der Waals surface area contributed by atoms with Gasteiger partial charge in [-0.15, -0.1) is 0 Å². The van der Waals surface area contributed by atoms with Gasteiger partial charge in [-0.3, -0.25) is 0 Å². The molecule has 18 heavy (non-hydrogen) atoms. The van der Waals surface area contributed by atoms with E-state index >= 15 is 0 Å². The van der Waals surface area contributed by atoms with E-state index in [-0.39, 0.29) is 5.41 Å². The fourth-order valence-corrected chi connectivity index (χ4v) is 3.48. The van der Waals surface area contributed by atoms with E-state index in [0.29, 0.717) is 5.41 Å². The Morgan fingerprint density at radius 2 is 1.28 bits per heavy atom. The summed E-state index contributed by atoms with van der Waals surface area (Å²) in [5.74, 6) is 0. The van der Waals surface area contributed by atoms with Crippen molar-refractivity contribution in [3.63, 3.8) is 0 Å². The molecule has 3 rings (SSSR count). The molecule has 0 bridgehead atoms. The van der Waals surface area contributed by atoms with Crippen molar-refractivity contribution in [2.24, 2.45) is 5.41 Å². The normalized spacial score (nSPS) is 24.8. The van der Waals surface area contributed by atoms with Gasteiger partial charge >= 0.3 is 0 Å². The highest BCUT2D eigenvalue weighted by molar-refractivity contribution is 5.49. The molecule has 0 amide bonds. The van der Waals surface area contributed by atoms with Crippen molar-refractivity contribution in [2.75, 3.05) is 0 Å². The van der Waals surface area contributed by atoms with Crippen molar-refractivity contribution in [3.05, 3.63) is 71.8 Å². The first kappa shape index (κ1) is 11.5. The van der Waals surface area contributed by atoms with Gasteiger partial charge in [0.15, 0.2) is 0 Å². The Labute approximate surface area is 110 Å². The second-order valence-electron chi connectivity index (χ2n) is 5.73. The van der Waals surface area contributed by atoms with Crippen LogP contribution in [0.15, 0.2) is 60.7 Å². The zero-order chi connectivity index (χ0) is 12.6. The molecule has 0 heteroatoms. The lowest BCUT2D eigenvalue weighted by atomic mass is 9.80. The van der Waals surface area contributed by atoms with E-state index in [1.165, 1.54) is 24.0 Å². The third-order valence-electron chi connectivity index (χ3n) is 4.87. The van der Waals surface area contributed by atoms with E-state index in [1.807, 2.05) is 0 Å². The van der Waals surface area contributed by atoms with Gasteiger partial charge in [-0.1, -0.05) is 74.5 Å². The Bertz CT molecular complexity index is 487. The standard InChI is InChI=1S/C18H20/c1-3-17(2)14-18(17,15-10-6-4-7-11-15)16-12-8-5-9-13-16/h4-13H,3,14H2,1-2H3. The minimum absolute atomic E-state index is 0.240. The quantitative estimate of drug-likeness (QED) is 0.718. The fraction of sp³-hybridized carbons (Fsp3) is 0.333. The predicted molar refractivity (Wildman–Crippen MR) is 76.7 cm³/mol. The summed E-state index contributed by atoms with van der Waals surface area (Å²) < 4.78 is 0. The topological polar surface area (TPSA) is 0 Å². The number of benzene rings is 2. The third-order valence-corrected chi connectivity index (χ3v) is 4.87. The van der Waals surface area contributed by atoms with E-state index in [4.69, 9.17) is 0 Å². The average Bonchev–Trinajstić information content (AvgIpc) is 3.09. The first-order valence-corrected chi connectivity index (χ1v) is 6.84. The zero-order valence-corrected chi connectivity index (χ0v) is 11.2. The van der Waals surface area contributed by atoms with E-state index in [9.17, 15) is 0 Å². The van der Waals surface area contributed by atoms with E-state index in [0.717, 1.165) is 0 Å². The van der Waals surface area contributed by atoms with Crippen LogP contribution >= 0.6 is 0 Å². The molecule has 2 aromatic carbocycles. The molecule has 1 aliphatic carbocycles. The molecule has 0 aromatic heterocycles. The van der Waals surface area contributed by atoms with Gasteiger partial charge in [0.05, 0.1) is 0 Å². The van der Waals surface area contributed by atoms with Crippen LogP contribution in [0.5, 0.6) is 0 Å². The molecule has 0 saturated heterocycles. The van der Waals surface area contributed by atoms with Crippen LogP contribution < -0.4 is 0 Å². The molecule has 0 N–H and O–H groups in total. The monoisotopic (exact) mass is 236 g/mol. The van der Waals surface area contributed by atoms with Crippen LogP contribution in [0.1, 0.15) is 37.8 Å². The lowest BCUT2D eigenvalue weighted by Crippen LogP contribution is -2.17. The number of hydrogen-bond donors (Lipinski definition) is 0. The van der Waals surface area contributed by atoms with Crippen molar-refractivity contribution in [2.45, 2.75) is 32.1 Å². The highest BCUT2D eigenvalue weighted by Gasteiger charge is 2.64. The molecule has 0 radical (unpaired) electrons. The molecular formula is C18H20. The van der Waals surface area contributed by atoms with Gasteiger partial charge in [0.1, 0.15) is 0 Å². The minimum atomic E-state index is 0.240. The molecule has 1 atom stereocenters. The van der Waals surface area contributed by atoms with Crippen molar-refractivity contribution < 1.29 is 0 Å². The highest BCUT2D eigenvalue weighted by atomic mass is 14.7. The van der Waals surface area contributed by atoms with Crippen molar-refractivity contribution in [1.29, 1.82) is 0 Å². The fourth-order valence-electron chi connectivity index (χ4n) is 3.48. The average molecular weight is 236 g/mol. The summed E-state index contributed by atoms with van der Waals surface area (Å²) in [6.45, 7) is 4.74. The Hall–Kier alpha value is -1.56. The molecule has 92 valence electrons. The van der Waals surface area contributed by atoms with Crippen LogP contribution in [0, 0.1) is 5.41 Å². The van der Waals surface area contributed by atoms with Crippen LogP contribution in [-0.4, -0.2) is 0 Å². The maximum absolute atomic E-state index is 2.42. The molecule has 1 saturated carbocycles. The largest absolute Gasteiger partial charge is 0.0648 e. The Morgan fingerprint density at radius 3 is 1.61 bits per heavy atom. The molecule has 0 aliphatic heterocycles. The van der Waals surface area contributed by atoms with Crippen molar-refractivity contribution in [3.8, 4) is 0 Å². The molecule has 0 heterocycles. The lowest BCUT2D eigenvalue weighted by molar-refractivity contribution is 0.478. The SMILES string of the molecule is CCC1(C)CC1(c1ccccc1)c1ccccc1. The molecule has 1 aliphatic rings. The Morgan fingerprint density at radius 1 is 0.833 bits per heavy atom. The second kappa shape index (κ2) is 3.98. The van der Waals surface area contributed by atoms with Gasteiger partial charge in [-0.05, 0) is 29.4 Å². The smallest absolute Gasteiger partial charge is 0.0262 e. The zero-order valence-electron chi connectivity index (χ0n) is 11.2. The van der Waals surface area contributed by atoms with E-state index in [2.05, 4.69) is 74.5 Å². The Balaban J connectivity index is 2.14. The summed E-state index contributed by atoms with van der Waals surface area (Å²) in [5.41, 5.74) is 3.60. The first-order chi connectivity index (χ1) is 8.73. The summed E-state index contributed by atoms with van der Waals surface area (Å²) in [4.78, 5) is 0. The summed E-state index contributed by atoms with van der Waals surface area (Å²) in [7, 11) is 0. The van der Waals surface area contributed by atoms with Crippen LogP contribution in [0.3, 0.4) is 0 Å².